The van der Waals surface area contributed by atoms with Gasteiger partial charge in [-0.3, -0.25) is 9.59 Å². The van der Waals surface area contributed by atoms with Crippen LogP contribution in [0, 0.1) is 0 Å². The number of rotatable bonds is 4. The first-order valence-corrected chi connectivity index (χ1v) is 11.2. The Kier molecular flexibility index (Phi) is 6.18. The number of aromatic amines is 1. The van der Waals surface area contributed by atoms with Crippen LogP contribution in [-0.2, 0) is 9.59 Å². The van der Waals surface area contributed by atoms with E-state index in [1.54, 1.807) is 26.1 Å². The van der Waals surface area contributed by atoms with Gasteiger partial charge in [0.05, 0.1) is 17.6 Å². The topological polar surface area (TPSA) is 94.2 Å². The zero-order valence-electron chi connectivity index (χ0n) is 19.7. The predicted molar refractivity (Wildman–Crippen MR) is 131 cm³/mol. The monoisotopic (exact) mass is 446 g/mol. The Morgan fingerprint density at radius 2 is 1.91 bits per heavy atom. The summed E-state index contributed by atoms with van der Waals surface area (Å²) in [4.78, 5) is 41.0. The van der Waals surface area contributed by atoms with Crippen LogP contribution in [0.4, 0.5) is 11.5 Å². The molecule has 4 rings (SSSR count). The van der Waals surface area contributed by atoms with Gasteiger partial charge in [-0.25, -0.2) is 9.97 Å². The van der Waals surface area contributed by atoms with Gasteiger partial charge in [-0.05, 0) is 45.9 Å². The Labute approximate surface area is 193 Å². The highest BCUT2D eigenvalue weighted by molar-refractivity contribution is 6.04. The highest BCUT2D eigenvalue weighted by Gasteiger charge is 2.31. The molecule has 1 fully saturated rings. The summed E-state index contributed by atoms with van der Waals surface area (Å²) in [7, 11) is 0. The van der Waals surface area contributed by atoms with Gasteiger partial charge in [-0.15, -0.1) is 0 Å². The smallest absolute Gasteiger partial charge is 0.251 e. The number of aromatic nitrogens is 3. The van der Waals surface area contributed by atoms with E-state index in [1.807, 2.05) is 42.3 Å². The van der Waals surface area contributed by atoms with E-state index in [4.69, 9.17) is 4.98 Å². The van der Waals surface area contributed by atoms with E-state index >= 15 is 0 Å². The molecule has 0 radical (unpaired) electrons. The summed E-state index contributed by atoms with van der Waals surface area (Å²) in [5, 5.41) is 3.78. The summed E-state index contributed by atoms with van der Waals surface area (Å²) in [6, 6.07) is 8.11. The second-order valence-electron chi connectivity index (χ2n) is 8.66. The molecule has 0 saturated carbocycles. The third kappa shape index (κ3) is 4.46. The van der Waals surface area contributed by atoms with Crippen molar-refractivity contribution < 1.29 is 9.59 Å². The van der Waals surface area contributed by atoms with Crippen molar-refractivity contribution in [3.63, 3.8) is 0 Å². The number of amides is 2. The Morgan fingerprint density at radius 1 is 1.18 bits per heavy atom. The van der Waals surface area contributed by atoms with Crippen molar-refractivity contribution >= 4 is 34.4 Å². The number of fused-ring (bicyclic) bond motifs is 1. The lowest BCUT2D eigenvalue weighted by atomic mass is 10.1. The number of hydrogen-bond donors (Lipinski definition) is 2. The molecule has 4 heterocycles. The van der Waals surface area contributed by atoms with Crippen molar-refractivity contribution in [1.82, 2.24) is 19.9 Å². The first-order chi connectivity index (χ1) is 15.8. The minimum atomic E-state index is -0.149. The molecular formula is C25H30N6O2. The molecule has 8 nitrogen and oxygen atoms in total. The quantitative estimate of drug-likeness (QED) is 0.592. The molecule has 0 bridgehead atoms. The molecule has 33 heavy (non-hydrogen) atoms. The minimum absolute atomic E-state index is 0.107. The molecule has 3 aromatic rings. The van der Waals surface area contributed by atoms with Crippen LogP contribution in [0.5, 0.6) is 0 Å². The van der Waals surface area contributed by atoms with Gasteiger partial charge in [0.1, 0.15) is 11.5 Å². The molecule has 8 heteroatoms. The predicted octanol–water partition coefficient (Wildman–Crippen LogP) is 3.98. The standard InChI is InChI=1S/C25H30N6O2/c1-6-15(2)25(33)28-19-10-20-21(12-27-24(20)26-11-19)22-8-7-9-23(29-22)30-13-16(3)31(18(5)32)17(4)14-30/h6-12,16-17H,13-14H2,1-5H3,(H,26,27)(H,28,33)/t16-,17+. The normalized spacial score (nSPS) is 19.1. The second kappa shape index (κ2) is 9.05. The van der Waals surface area contributed by atoms with Crippen LogP contribution in [0.1, 0.15) is 34.6 Å². The van der Waals surface area contributed by atoms with Gasteiger partial charge in [-0.2, -0.15) is 0 Å². The van der Waals surface area contributed by atoms with Gasteiger partial charge < -0.3 is 20.1 Å². The van der Waals surface area contributed by atoms with E-state index in [1.165, 1.54) is 0 Å². The second-order valence-corrected chi connectivity index (χ2v) is 8.66. The lowest BCUT2D eigenvalue weighted by molar-refractivity contribution is -0.133. The van der Waals surface area contributed by atoms with E-state index in [2.05, 4.69) is 34.0 Å². The molecule has 1 aliphatic heterocycles. The number of nitrogens with zero attached hydrogens (tertiary/aromatic N) is 4. The van der Waals surface area contributed by atoms with E-state index < -0.39 is 0 Å². The fourth-order valence-corrected chi connectivity index (χ4v) is 4.52. The van der Waals surface area contributed by atoms with Crippen LogP contribution in [0.2, 0.25) is 0 Å². The zero-order chi connectivity index (χ0) is 23.7. The summed E-state index contributed by atoms with van der Waals surface area (Å²) in [5.41, 5.74) is 3.75. The van der Waals surface area contributed by atoms with Crippen molar-refractivity contribution in [2.45, 2.75) is 46.7 Å². The number of nitrogens with one attached hydrogen (secondary N) is 2. The van der Waals surface area contributed by atoms with Crippen LogP contribution in [-0.4, -0.2) is 56.8 Å². The maximum absolute atomic E-state index is 12.3. The van der Waals surface area contributed by atoms with E-state index in [0.717, 1.165) is 41.2 Å². The first kappa shape index (κ1) is 22.5. The number of allylic oxidation sites excluding steroid dienone is 1. The summed E-state index contributed by atoms with van der Waals surface area (Å²) in [6.45, 7) is 10.8. The molecule has 0 unspecified atom stereocenters. The van der Waals surface area contributed by atoms with Gasteiger partial charge in [0.25, 0.3) is 5.91 Å². The molecular weight excluding hydrogens is 416 g/mol. The number of piperazine rings is 1. The molecule has 1 aliphatic rings. The van der Waals surface area contributed by atoms with Crippen LogP contribution >= 0.6 is 0 Å². The SMILES string of the molecule is CC=C(C)C(=O)Nc1cnc2[nH]cc(-c3cccc(N4C[C@@H](C)N(C(C)=O)[C@@H](C)C4)n3)c2c1. The van der Waals surface area contributed by atoms with Crippen LogP contribution < -0.4 is 10.2 Å². The zero-order valence-corrected chi connectivity index (χ0v) is 19.7. The molecule has 0 aromatic carbocycles. The van der Waals surface area contributed by atoms with Crippen LogP contribution in [0.3, 0.4) is 0 Å². The summed E-state index contributed by atoms with van der Waals surface area (Å²) in [6.07, 6.45) is 5.31. The van der Waals surface area contributed by atoms with Gasteiger partial charge in [0.15, 0.2) is 0 Å². The van der Waals surface area contributed by atoms with Crippen molar-refractivity contribution in [1.29, 1.82) is 0 Å². The number of anilines is 2. The Balaban J connectivity index is 1.63. The number of hydrogen-bond acceptors (Lipinski definition) is 5. The minimum Gasteiger partial charge on any atom is -0.352 e. The third-order valence-corrected chi connectivity index (χ3v) is 6.20. The molecule has 0 spiro atoms. The lowest BCUT2D eigenvalue weighted by Crippen LogP contribution is -2.58. The third-order valence-electron chi connectivity index (χ3n) is 6.20. The Hall–Kier alpha value is -3.68. The molecule has 0 aliphatic carbocycles. The molecule has 2 amide bonds. The van der Waals surface area contributed by atoms with E-state index in [9.17, 15) is 9.59 Å². The van der Waals surface area contributed by atoms with Gasteiger partial charge in [0, 0.05) is 54.8 Å². The summed E-state index contributed by atoms with van der Waals surface area (Å²) >= 11 is 0. The van der Waals surface area contributed by atoms with Crippen molar-refractivity contribution in [2.24, 2.45) is 0 Å². The Morgan fingerprint density at radius 3 is 2.58 bits per heavy atom. The average molecular weight is 447 g/mol. The maximum Gasteiger partial charge on any atom is 0.251 e. The molecule has 3 aromatic heterocycles. The van der Waals surface area contributed by atoms with Gasteiger partial charge in [-0.1, -0.05) is 12.1 Å². The lowest BCUT2D eigenvalue weighted by Gasteiger charge is -2.44. The van der Waals surface area contributed by atoms with Crippen LogP contribution in [0.15, 0.2) is 48.3 Å². The van der Waals surface area contributed by atoms with Crippen molar-refractivity contribution in [3.05, 3.63) is 48.3 Å². The molecule has 1 saturated heterocycles. The highest BCUT2D eigenvalue weighted by atomic mass is 16.2. The largest absolute Gasteiger partial charge is 0.352 e. The van der Waals surface area contributed by atoms with Crippen LogP contribution in [0.25, 0.3) is 22.3 Å². The number of pyridine rings is 2. The fourth-order valence-electron chi connectivity index (χ4n) is 4.52. The van der Waals surface area contributed by atoms with Crippen molar-refractivity contribution in [2.75, 3.05) is 23.3 Å². The van der Waals surface area contributed by atoms with E-state index in [0.29, 0.717) is 11.3 Å². The first-order valence-electron chi connectivity index (χ1n) is 11.2. The number of H-pyrrole nitrogens is 1. The maximum atomic E-state index is 12.3. The number of carbonyl (C=O) groups is 2. The molecule has 172 valence electrons. The fraction of sp³-hybridized carbons (Fsp3) is 0.360. The van der Waals surface area contributed by atoms with Crippen molar-refractivity contribution in [3.8, 4) is 11.3 Å². The number of carbonyl (C=O) groups excluding carboxylic acids is 2. The Bertz CT molecular complexity index is 1220. The average Bonchev–Trinajstić information content (AvgIpc) is 3.21. The highest BCUT2D eigenvalue weighted by Crippen LogP contribution is 2.30. The van der Waals surface area contributed by atoms with E-state index in [-0.39, 0.29) is 23.9 Å². The summed E-state index contributed by atoms with van der Waals surface area (Å²) in [5.74, 6) is 0.837. The molecule has 2 N–H and O–H groups in total. The summed E-state index contributed by atoms with van der Waals surface area (Å²) < 4.78 is 0. The van der Waals surface area contributed by atoms with Gasteiger partial charge in [0.2, 0.25) is 5.91 Å². The van der Waals surface area contributed by atoms with Gasteiger partial charge >= 0.3 is 0 Å². The molecule has 2 atom stereocenters.